The molecular weight excluding hydrogens is 242 g/mol. The minimum atomic E-state index is -0.902. The fourth-order valence-corrected chi connectivity index (χ4v) is 1.92. The summed E-state index contributed by atoms with van der Waals surface area (Å²) < 4.78 is 0. The Morgan fingerprint density at radius 3 is 2.37 bits per heavy atom. The average molecular weight is 263 g/mol. The van der Waals surface area contributed by atoms with Crippen molar-refractivity contribution in [1.82, 2.24) is 4.90 Å². The number of amides is 1. The molecule has 0 aliphatic heterocycles. The number of likely N-dealkylation sites (N-methyl/N-ethyl adjacent to an activating group) is 1. The average Bonchev–Trinajstić information content (AvgIpc) is 2.29. The number of hydrogen-bond donors (Lipinski definition) is 1. The molecule has 1 amide bonds. The third kappa shape index (κ3) is 4.09. The van der Waals surface area contributed by atoms with Gasteiger partial charge in [0.25, 0.3) is 0 Å². The predicted molar refractivity (Wildman–Crippen MR) is 74.0 cm³/mol. The van der Waals surface area contributed by atoms with Gasteiger partial charge in [-0.15, -0.1) is 0 Å². The zero-order valence-corrected chi connectivity index (χ0v) is 11.9. The molecule has 0 aliphatic rings. The SMILES string of the molecule is Cc1ccccc1CC(=O)N(C)C(C)(C)CC(=O)O. The number of aliphatic carboxylic acids is 1. The monoisotopic (exact) mass is 263 g/mol. The van der Waals surface area contributed by atoms with Crippen molar-refractivity contribution in [2.75, 3.05) is 7.05 Å². The van der Waals surface area contributed by atoms with E-state index in [0.717, 1.165) is 11.1 Å². The van der Waals surface area contributed by atoms with Crippen molar-refractivity contribution in [3.63, 3.8) is 0 Å². The minimum absolute atomic E-state index is 0.0665. The van der Waals surface area contributed by atoms with Crippen LogP contribution in [0.4, 0.5) is 0 Å². The minimum Gasteiger partial charge on any atom is -0.481 e. The number of nitrogens with zero attached hydrogens (tertiary/aromatic N) is 1. The number of aryl methyl sites for hydroxylation is 1. The van der Waals surface area contributed by atoms with Crippen molar-refractivity contribution in [3.8, 4) is 0 Å². The first-order chi connectivity index (χ1) is 8.74. The Bertz CT molecular complexity index is 480. The van der Waals surface area contributed by atoms with Crippen molar-refractivity contribution in [3.05, 3.63) is 35.4 Å². The van der Waals surface area contributed by atoms with Crippen LogP contribution < -0.4 is 0 Å². The molecule has 1 N–H and O–H groups in total. The van der Waals surface area contributed by atoms with E-state index in [1.807, 2.05) is 31.2 Å². The van der Waals surface area contributed by atoms with Crippen molar-refractivity contribution in [2.24, 2.45) is 0 Å². The Balaban J connectivity index is 2.78. The second-order valence-corrected chi connectivity index (χ2v) is 5.44. The van der Waals surface area contributed by atoms with Gasteiger partial charge in [0, 0.05) is 12.6 Å². The number of carbonyl (C=O) groups excluding carboxylic acids is 1. The highest BCUT2D eigenvalue weighted by atomic mass is 16.4. The zero-order chi connectivity index (χ0) is 14.6. The summed E-state index contributed by atoms with van der Waals surface area (Å²) in [5.41, 5.74) is 1.36. The summed E-state index contributed by atoms with van der Waals surface area (Å²) in [7, 11) is 1.66. The van der Waals surface area contributed by atoms with Crippen molar-refractivity contribution in [1.29, 1.82) is 0 Å². The molecule has 0 saturated carbocycles. The highest BCUT2D eigenvalue weighted by Gasteiger charge is 2.30. The van der Waals surface area contributed by atoms with Crippen LogP contribution in [0, 0.1) is 6.92 Å². The molecule has 0 fully saturated rings. The van der Waals surface area contributed by atoms with Crippen LogP contribution in [0.3, 0.4) is 0 Å². The van der Waals surface area contributed by atoms with Crippen LogP contribution >= 0.6 is 0 Å². The van der Waals surface area contributed by atoms with E-state index in [1.165, 1.54) is 4.90 Å². The van der Waals surface area contributed by atoms with E-state index in [-0.39, 0.29) is 12.3 Å². The molecule has 0 radical (unpaired) electrons. The van der Waals surface area contributed by atoms with Crippen LogP contribution in [0.5, 0.6) is 0 Å². The molecule has 1 rings (SSSR count). The standard InChI is InChI=1S/C15H21NO3/c1-11-7-5-6-8-12(11)9-13(17)16(4)15(2,3)10-14(18)19/h5-8H,9-10H2,1-4H3,(H,18,19). The van der Waals surface area contributed by atoms with Crippen molar-refractivity contribution in [2.45, 2.75) is 39.2 Å². The maximum atomic E-state index is 12.2. The normalized spacial score (nSPS) is 11.2. The van der Waals surface area contributed by atoms with Gasteiger partial charge in [0.15, 0.2) is 0 Å². The smallest absolute Gasteiger partial charge is 0.305 e. The summed E-state index contributed by atoms with van der Waals surface area (Å²) in [6, 6.07) is 7.72. The number of carbonyl (C=O) groups is 2. The molecule has 104 valence electrons. The van der Waals surface area contributed by atoms with Gasteiger partial charge in [-0.05, 0) is 31.9 Å². The fourth-order valence-electron chi connectivity index (χ4n) is 1.92. The lowest BCUT2D eigenvalue weighted by molar-refractivity contribution is -0.142. The van der Waals surface area contributed by atoms with E-state index in [9.17, 15) is 9.59 Å². The van der Waals surface area contributed by atoms with E-state index >= 15 is 0 Å². The van der Waals surface area contributed by atoms with Crippen molar-refractivity contribution >= 4 is 11.9 Å². The molecule has 0 aromatic heterocycles. The van der Waals surface area contributed by atoms with E-state index in [4.69, 9.17) is 5.11 Å². The number of rotatable bonds is 5. The molecule has 4 nitrogen and oxygen atoms in total. The van der Waals surface area contributed by atoms with Crippen LogP contribution in [0.1, 0.15) is 31.4 Å². The molecule has 1 aromatic rings. The molecular formula is C15H21NO3. The van der Waals surface area contributed by atoms with Crippen LogP contribution in [0.15, 0.2) is 24.3 Å². The number of carboxylic acid groups (broad SMARTS) is 1. The Kier molecular flexibility index (Phi) is 4.70. The summed E-state index contributed by atoms with van der Waals surface area (Å²) in [4.78, 5) is 24.6. The zero-order valence-electron chi connectivity index (χ0n) is 11.9. The lowest BCUT2D eigenvalue weighted by Crippen LogP contribution is -2.47. The van der Waals surface area contributed by atoms with Gasteiger partial charge in [-0.25, -0.2) is 0 Å². The highest BCUT2D eigenvalue weighted by Crippen LogP contribution is 2.19. The molecule has 0 heterocycles. The molecule has 0 unspecified atom stereocenters. The Morgan fingerprint density at radius 2 is 1.84 bits per heavy atom. The van der Waals surface area contributed by atoms with Gasteiger partial charge in [0.1, 0.15) is 0 Å². The van der Waals surface area contributed by atoms with Gasteiger partial charge in [-0.1, -0.05) is 24.3 Å². The first kappa shape index (κ1) is 15.2. The summed E-state index contributed by atoms with van der Waals surface area (Å²) >= 11 is 0. The summed E-state index contributed by atoms with van der Waals surface area (Å²) in [5, 5.41) is 8.88. The van der Waals surface area contributed by atoms with Crippen molar-refractivity contribution < 1.29 is 14.7 Å². The molecule has 0 spiro atoms. The van der Waals surface area contributed by atoms with Gasteiger partial charge < -0.3 is 10.0 Å². The summed E-state index contributed by atoms with van der Waals surface area (Å²) in [5.74, 6) is -0.971. The second-order valence-electron chi connectivity index (χ2n) is 5.44. The number of hydrogen-bond acceptors (Lipinski definition) is 2. The Hall–Kier alpha value is -1.84. The highest BCUT2D eigenvalue weighted by molar-refractivity contribution is 5.80. The molecule has 0 atom stereocenters. The lowest BCUT2D eigenvalue weighted by atomic mass is 9.97. The molecule has 0 aliphatic carbocycles. The Morgan fingerprint density at radius 1 is 1.26 bits per heavy atom. The lowest BCUT2D eigenvalue weighted by Gasteiger charge is -2.34. The van der Waals surface area contributed by atoms with Gasteiger partial charge in [0.05, 0.1) is 12.8 Å². The molecule has 1 aromatic carbocycles. The van der Waals surface area contributed by atoms with Crippen LogP contribution in [-0.2, 0) is 16.0 Å². The molecule has 4 heteroatoms. The van der Waals surface area contributed by atoms with E-state index in [0.29, 0.717) is 6.42 Å². The third-order valence-corrected chi connectivity index (χ3v) is 3.47. The summed E-state index contributed by atoms with van der Waals surface area (Å²) in [6.07, 6.45) is 0.231. The molecule has 0 saturated heterocycles. The van der Waals surface area contributed by atoms with Crippen LogP contribution in [0.25, 0.3) is 0 Å². The maximum absolute atomic E-state index is 12.2. The third-order valence-electron chi connectivity index (χ3n) is 3.47. The topological polar surface area (TPSA) is 57.6 Å². The van der Waals surface area contributed by atoms with E-state index in [2.05, 4.69) is 0 Å². The van der Waals surface area contributed by atoms with Gasteiger partial charge in [0.2, 0.25) is 5.91 Å². The maximum Gasteiger partial charge on any atom is 0.305 e. The largest absolute Gasteiger partial charge is 0.481 e. The fraction of sp³-hybridized carbons (Fsp3) is 0.467. The first-order valence-corrected chi connectivity index (χ1v) is 6.27. The molecule has 0 bridgehead atoms. The van der Waals surface area contributed by atoms with E-state index < -0.39 is 11.5 Å². The predicted octanol–water partition coefficient (Wildman–Crippen LogP) is 2.25. The van der Waals surface area contributed by atoms with Gasteiger partial charge in [-0.2, -0.15) is 0 Å². The first-order valence-electron chi connectivity index (χ1n) is 6.27. The summed E-state index contributed by atoms with van der Waals surface area (Å²) in [6.45, 7) is 5.48. The quantitative estimate of drug-likeness (QED) is 0.886. The van der Waals surface area contributed by atoms with Crippen LogP contribution in [-0.4, -0.2) is 34.5 Å². The van der Waals surface area contributed by atoms with Gasteiger partial charge >= 0.3 is 5.97 Å². The number of benzene rings is 1. The number of carboxylic acids is 1. The van der Waals surface area contributed by atoms with Crippen LogP contribution in [0.2, 0.25) is 0 Å². The second kappa shape index (κ2) is 5.87. The Labute approximate surface area is 114 Å². The molecule has 19 heavy (non-hydrogen) atoms. The van der Waals surface area contributed by atoms with Gasteiger partial charge in [-0.3, -0.25) is 9.59 Å². The van der Waals surface area contributed by atoms with E-state index in [1.54, 1.807) is 20.9 Å².